The zero-order valence-corrected chi connectivity index (χ0v) is 11.9. The largest absolute Gasteiger partial charge is 0.523 e. The van der Waals surface area contributed by atoms with Crippen LogP contribution in [0.5, 0.6) is 0 Å². The van der Waals surface area contributed by atoms with Crippen molar-refractivity contribution >= 4 is 21.8 Å². The van der Waals surface area contributed by atoms with Crippen LogP contribution in [0.25, 0.3) is 0 Å². The minimum atomic E-state index is -6.29. The Morgan fingerprint density at radius 1 is 1.35 bits per heavy atom. The fraction of sp³-hybridized carbons (Fsp3) is 0.300. The van der Waals surface area contributed by atoms with Crippen LogP contribution in [0, 0.1) is 15.9 Å². The van der Waals surface area contributed by atoms with Gasteiger partial charge in [-0.2, -0.15) is 26.0 Å². The number of hydrogen-bond acceptors (Lipinski definition) is 7. The van der Waals surface area contributed by atoms with Crippen LogP contribution < -0.4 is 0 Å². The van der Waals surface area contributed by atoms with E-state index in [0.29, 0.717) is 19.2 Å². The number of esters is 1. The smallest absolute Gasteiger partial charge is 0.467 e. The van der Waals surface area contributed by atoms with Crippen molar-refractivity contribution in [1.29, 1.82) is 0 Å². The van der Waals surface area contributed by atoms with Gasteiger partial charge in [-0.15, -0.1) is 0 Å². The number of rotatable bonds is 5. The molecular formula is C10H7F4NO7S. The normalized spacial score (nSPS) is 13.4. The molecule has 0 aliphatic rings. The quantitative estimate of drug-likeness (QED) is 0.196. The van der Waals surface area contributed by atoms with Crippen LogP contribution in [-0.2, 0) is 23.8 Å². The van der Waals surface area contributed by atoms with Gasteiger partial charge >= 0.3 is 27.3 Å². The van der Waals surface area contributed by atoms with Gasteiger partial charge in [0.1, 0.15) is 0 Å². The number of carbonyl (C=O) groups excluding carboxylic acids is 1. The summed E-state index contributed by atoms with van der Waals surface area (Å²) in [5.74, 6) is -3.43. The Hall–Kier alpha value is -2.28. The lowest BCUT2D eigenvalue weighted by Gasteiger charge is -2.17. The second-order valence-electron chi connectivity index (χ2n) is 3.84. The third-order valence-corrected chi connectivity index (χ3v) is 3.42. The second kappa shape index (κ2) is 6.45. The van der Waals surface area contributed by atoms with Crippen LogP contribution in [0.3, 0.4) is 0 Å². The first-order chi connectivity index (χ1) is 10.4. The molecule has 13 heteroatoms. The monoisotopic (exact) mass is 361 g/mol. The Morgan fingerprint density at radius 2 is 1.91 bits per heavy atom. The first kappa shape index (κ1) is 18.8. The first-order valence-electron chi connectivity index (χ1n) is 5.42. The SMILES string of the molecule is COC(=O)C(OS(=O)(=O)C(F)(F)F)c1cccc([N+](=O)[O-])c1F. The summed E-state index contributed by atoms with van der Waals surface area (Å²) >= 11 is 0. The third kappa shape index (κ3) is 3.92. The molecule has 0 saturated heterocycles. The van der Waals surface area contributed by atoms with E-state index in [9.17, 15) is 40.9 Å². The van der Waals surface area contributed by atoms with E-state index in [1.165, 1.54) is 0 Å². The fourth-order valence-electron chi connectivity index (χ4n) is 1.39. The molecule has 1 atom stereocenters. The lowest BCUT2D eigenvalue weighted by molar-refractivity contribution is -0.387. The van der Waals surface area contributed by atoms with Crippen molar-refractivity contribution in [3.63, 3.8) is 0 Å². The van der Waals surface area contributed by atoms with Crippen LogP contribution >= 0.6 is 0 Å². The van der Waals surface area contributed by atoms with E-state index in [1.54, 1.807) is 0 Å². The summed E-state index contributed by atoms with van der Waals surface area (Å²) in [5, 5.41) is 10.6. The maximum Gasteiger partial charge on any atom is 0.523 e. The number of alkyl halides is 3. The molecule has 0 bridgehead atoms. The summed E-state index contributed by atoms with van der Waals surface area (Å²) in [6.45, 7) is 0. The number of hydrogen-bond donors (Lipinski definition) is 0. The lowest BCUT2D eigenvalue weighted by Crippen LogP contribution is -2.30. The molecule has 1 unspecified atom stereocenters. The summed E-state index contributed by atoms with van der Waals surface area (Å²) in [7, 11) is -5.61. The van der Waals surface area contributed by atoms with Gasteiger partial charge in [0.25, 0.3) is 0 Å². The molecular weight excluding hydrogens is 354 g/mol. The molecule has 8 nitrogen and oxygen atoms in total. The minimum Gasteiger partial charge on any atom is -0.467 e. The Kier molecular flexibility index (Phi) is 5.27. The van der Waals surface area contributed by atoms with Crippen LogP contribution in [-0.4, -0.2) is 31.9 Å². The van der Waals surface area contributed by atoms with Gasteiger partial charge in [0.2, 0.25) is 11.9 Å². The van der Waals surface area contributed by atoms with Gasteiger partial charge in [0.15, 0.2) is 0 Å². The highest BCUT2D eigenvalue weighted by molar-refractivity contribution is 7.87. The van der Waals surface area contributed by atoms with Gasteiger partial charge in [-0.1, -0.05) is 12.1 Å². The number of ether oxygens (including phenoxy) is 1. The standard InChI is InChI=1S/C10H7F4NO7S/c1-21-9(16)8(22-23(19,20)10(12,13)14)5-3-2-4-6(7(5)11)15(17)18/h2-4,8H,1H3. The maximum atomic E-state index is 13.9. The van der Waals surface area contributed by atoms with Crippen molar-refractivity contribution in [2.24, 2.45) is 0 Å². The lowest BCUT2D eigenvalue weighted by atomic mass is 10.1. The number of methoxy groups -OCH3 is 1. The van der Waals surface area contributed by atoms with E-state index in [0.717, 1.165) is 6.07 Å². The van der Waals surface area contributed by atoms with Crippen molar-refractivity contribution in [2.45, 2.75) is 11.6 Å². The first-order valence-corrected chi connectivity index (χ1v) is 6.83. The van der Waals surface area contributed by atoms with Crippen LogP contribution in [0.2, 0.25) is 0 Å². The molecule has 0 aromatic heterocycles. The summed E-state index contributed by atoms with van der Waals surface area (Å²) in [6, 6.07) is 2.14. The van der Waals surface area contributed by atoms with Crippen molar-refractivity contribution in [3.8, 4) is 0 Å². The average molecular weight is 361 g/mol. The number of nitrogens with zero attached hydrogens (tertiary/aromatic N) is 1. The molecule has 0 spiro atoms. The number of nitro groups is 1. The van der Waals surface area contributed by atoms with E-state index in [2.05, 4.69) is 8.92 Å². The molecule has 0 radical (unpaired) electrons. The minimum absolute atomic E-state index is 0.649. The van der Waals surface area contributed by atoms with E-state index < -0.39 is 49.7 Å². The molecule has 0 amide bonds. The summed E-state index contributed by atoms with van der Waals surface area (Å²) in [5.41, 5.74) is -8.18. The molecule has 0 fully saturated rings. The Balaban J connectivity index is 3.44. The Labute approximate surface area is 125 Å². The van der Waals surface area contributed by atoms with E-state index in [-0.39, 0.29) is 0 Å². The number of benzene rings is 1. The molecule has 0 aliphatic carbocycles. The molecule has 1 rings (SSSR count). The summed E-state index contributed by atoms with van der Waals surface area (Å²) in [4.78, 5) is 20.8. The molecule has 0 N–H and O–H groups in total. The van der Waals surface area contributed by atoms with Crippen molar-refractivity contribution in [1.82, 2.24) is 0 Å². The van der Waals surface area contributed by atoms with Gasteiger partial charge in [-0.05, 0) is 0 Å². The second-order valence-corrected chi connectivity index (χ2v) is 5.40. The number of nitro benzene ring substituents is 1. The Bertz CT molecular complexity index is 731. The molecule has 0 saturated carbocycles. The Morgan fingerprint density at radius 3 is 2.35 bits per heavy atom. The third-order valence-electron chi connectivity index (χ3n) is 2.41. The van der Waals surface area contributed by atoms with Gasteiger partial charge in [-0.3, -0.25) is 10.1 Å². The summed E-state index contributed by atoms with van der Waals surface area (Å²) in [6.07, 6.45) is -2.70. The summed E-state index contributed by atoms with van der Waals surface area (Å²) < 4.78 is 80.6. The molecule has 1 aromatic carbocycles. The highest BCUT2D eigenvalue weighted by atomic mass is 32.2. The molecule has 23 heavy (non-hydrogen) atoms. The van der Waals surface area contributed by atoms with Gasteiger partial charge < -0.3 is 4.74 Å². The highest BCUT2D eigenvalue weighted by Gasteiger charge is 2.50. The van der Waals surface area contributed by atoms with Gasteiger partial charge in [0, 0.05) is 11.6 Å². The van der Waals surface area contributed by atoms with Crippen LogP contribution in [0.4, 0.5) is 23.2 Å². The number of carbonyl (C=O) groups is 1. The van der Waals surface area contributed by atoms with Crippen molar-refractivity contribution < 1.29 is 44.6 Å². The van der Waals surface area contributed by atoms with E-state index >= 15 is 0 Å². The average Bonchev–Trinajstić information content (AvgIpc) is 2.43. The van der Waals surface area contributed by atoms with Gasteiger partial charge in [0.05, 0.1) is 12.0 Å². The molecule has 1 aromatic rings. The molecule has 128 valence electrons. The molecule has 0 aliphatic heterocycles. The molecule has 0 heterocycles. The number of halogens is 4. The maximum absolute atomic E-state index is 13.9. The predicted octanol–water partition coefficient (Wildman–Crippen LogP) is 1.81. The van der Waals surface area contributed by atoms with Crippen molar-refractivity contribution in [3.05, 3.63) is 39.7 Å². The topological polar surface area (TPSA) is 113 Å². The zero-order chi connectivity index (χ0) is 18.0. The van der Waals surface area contributed by atoms with Crippen LogP contribution in [0.1, 0.15) is 11.7 Å². The predicted molar refractivity (Wildman–Crippen MR) is 63.9 cm³/mol. The van der Waals surface area contributed by atoms with E-state index in [4.69, 9.17) is 0 Å². The van der Waals surface area contributed by atoms with Crippen LogP contribution in [0.15, 0.2) is 18.2 Å². The highest BCUT2D eigenvalue weighted by Crippen LogP contribution is 2.33. The fourth-order valence-corrected chi connectivity index (χ4v) is 1.93. The van der Waals surface area contributed by atoms with E-state index in [1.807, 2.05) is 0 Å². The van der Waals surface area contributed by atoms with Gasteiger partial charge in [-0.25, -0.2) is 8.98 Å². The van der Waals surface area contributed by atoms with Crippen molar-refractivity contribution in [2.75, 3.05) is 7.11 Å². The zero-order valence-electron chi connectivity index (χ0n) is 11.0.